The number of hydrogen-bond donors (Lipinski definition) is 0. The van der Waals surface area contributed by atoms with E-state index in [0.717, 1.165) is 23.7 Å². The number of rotatable bonds is 15. The molecule has 0 aliphatic carbocycles. The first-order chi connectivity index (χ1) is 11.2. The molecule has 0 aromatic heterocycles. The van der Waals surface area contributed by atoms with Crippen LogP contribution in [0.4, 0.5) is 0 Å². The highest BCUT2D eigenvalue weighted by Crippen LogP contribution is 2.35. The highest BCUT2D eigenvalue weighted by atomic mass is 14.3. The number of unbranched alkanes of at least 4 members (excludes halogenated alkanes) is 3. The highest BCUT2D eigenvalue weighted by Gasteiger charge is 2.23. The van der Waals surface area contributed by atoms with Crippen LogP contribution in [0.2, 0.25) is 0 Å². The van der Waals surface area contributed by atoms with E-state index in [9.17, 15) is 0 Å². The molecule has 4 atom stereocenters. The molecule has 0 aliphatic rings. The summed E-state index contributed by atoms with van der Waals surface area (Å²) < 4.78 is 0. The van der Waals surface area contributed by atoms with E-state index in [4.69, 9.17) is 0 Å². The molecular weight excluding hydrogens is 288 g/mol. The van der Waals surface area contributed by atoms with Gasteiger partial charge < -0.3 is 0 Å². The van der Waals surface area contributed by atoms with Gasteiger partial charge in [-0.15, -0.1) is 0 Å². The molecule has 0 radical (unpaired) electrons. The average molecular weight is 339 g/mol. The second-order valence-corrected chi connectivity index (χ2v) is 9.79. The largest absolute Gasteiger partial charge is 0.0654 e. The summed E-state index contributed by atoms with van der Waals surface area (Å²) in [5, 5.41) is 0. The molecule has 0 spiro atoms. The average Bonchev–Trinajstić information content (AvgIpc) is 2.55. The van der Waals surface area contributed by atoms with Gasteiger partial charge in [-0.1, -0.05) is 100 Å². The van der Waals surface area contributed by atoms with Gasteiger partial charge in [0.1, 0.15) is 0 Å². The minimum Gasteiger partial charge on any atom is -0.0654 e. The van der Waals surface area contributed by atoms with E-state index in [0.29, 0.717) is 5.41 Å². The second kappa shape index (κ2) is 13.2. The van der Waals surface area contributed by atoms with Crippen LogP contribution >= 0.6 is 0 Å². The van der Waals surface area contributed by atoms with E-state index in [1.807, 2.05) is 0 Å². The zero-order chi connectivity index (χ0) is 18.6. The van der Waals surface area contributed by atoms with Gasteiger partial charge in [0.25, 0.3) is 0 Å². The summed E-state index contributed by atoms with van der Waals surface area (Å²) in [6.45, 7) is 19.5. The predicted octanol–water partition coefficient (Wildman–Crippen LogP) is 8.89. The molecule has 0 amide bonds. The first kappa shape index (κ1) is 24.0. The third kappa shape index (κ3) is 11.5. The van der Waals surface area contributed by atoms with Crippen molar-refractivity contribution < 1.29 is 0 Å². The van der Waals surface area contributed by atoms with Gasteiger partial charge in [-0.05, 0) is 54.8 Å². The van der Waals surface area contributed by atoms with Crippen molar-refractivity contribution in [2.45, 2.75) is 126 Å². The molecule has 0 aromatic carbocycles. The van der Waals surface area contributed by atoms with Gasteiger partial charge in [0, 0.05) is 0 Å². The van der Waals surface area contributed by atoms with E-state index >= 15 is 0 Å². The van der Waals surface area contributed by atoms with Crippen molar-refractivity contribution >= 4 is 0 Å². The molecular formula is C24H50. The van der Waals surface area contributed by atoms with Crippen LogP contribution in [0.3, 0.4) is 0 Å². The van der Waals surface area contributed by atoms with E-state index in [1.54, 1.807) is 0 Å². The van der Waals surface area contributed by atoms with E-state index in [2.05, 4.69) is 55.4 Å². The smallest absolute Gasteiger partial charge is 0.0354 e. The van der Waals surface area contributed by atoms with E-state index in [1.165, 1.54) is 70.6 Å². The Bertz CT molecular complexity index is 278. The predicted molar refractivity (Wildman–Crippen MR) is 113 cm³/mol. The molecule has 0 saturated carbocycles. The van der Waals surface area contributed by atoms with Crippen LogP contribution in [0.25, 0.3) is 0 Å². The Morgan fingerprint density at radius 2 is 0.917 bits per heavy atom. The van der Waals surface area contributed by atoms with Gasteiger partial charge in [0.15, 0.2) is 0 Å². The van der Waals surface area contributed by atoms with Crippen LogP contribution in [0.15, 0.2) is 0 Å². The van der Waals surface area contributed by atoms with Crippen molar-refractivity contribution in [3.05, 3.63) is 0 Å². The SMILES string of the molecule is CCCCCC(C)C(C)CCC(C)(C)CCC(C)C(C)CCCC. The van der Waals surface area contributed by atoms with E-state index < -0.39 is 0 Å². The summed E-state index contributed by atoms with van der Waals surface area (Å²) >= 11 is 0. The number of hydrogen-bond acceptors (Lipinski definition) is 0. The van der Waals surface area contributed by atoms with Crippen LogP contribution in [-0.4, -0.2) is 0 Å². The summed E-state index contributed by atoms with van der Waals surface area (Å²) in [6.07, 6.45) is 15.4. The Labute approximate surface area is 155 Å². The molecule has 146 valence electrons. The quantitative estimate of drug-likeness (QED) is 0.261. The molecule has 24 heavy (non-hydrogen) atoms. The van der Waals surface area contributed by atoms with Crippen molar-refractivity contribution in [2.24, 2.45) is 29.1 Å². The Balaban J connectivity index is 4.06. The zero-order valence-electron chi connectivity index (χ0n) is 18.6. The molecule has 0 aromatic rings. The zero-order valence-corrected chi connectivity index (χ0v) is 18.6. The summed E-state index contributed by atoms with van der Waals surface area (Å²) in [7, 11) is 0. The first-order valence-corrected chi connectivity index (χ1v) is 11.2. The van der Waals surface area contributed by atoms with E-state index in [-0.39, 0.29) is 0 Å². The maximum Gasteiger partial charge on any atom is -0.0354 e. The fourth-order valence-corrected chi connectivity index (χ4v) is 3.74. The molecule has 0 fully saturated rings. The topological polar surface area (TPSA) is 0 Å². The summed E-state index contributed by atoms with van der Waals surface area (Å²) in [6, 6.07) is 0. The molecule has 0 saturated heterocycles. The highest BCUT2D eigenvalue weighted by molar-refractivity contribution is 4.74. The molecule has 0 heterocycles. The van der Waals surface area contributed by atoms with Crippen LogP contribution in [0, 0.1) is 29.1 Å². The van der Waals surface area contributed by atoms with Crippen LogP contribution < -0.4 is 0 Å². The maximum atomic E-state index is 2.50. The lowest BCUT2D eigenvalue weighted by Gasteiger charge is -2.30. The lowest BCUT2D eigenvalue weighted by molar-refractivity contribution is 0.214. The Hall–Kier alpha value is 0. The van der Waals surface area contributed by atoms with Crippen molar-refractivity contribution in [2.75, 3.05) is 0 Å². The van der Waals surface area contributed by atoms with Crippen molar-refractivity contribution in [1.29, 1.82) is 0 Å². The Kier molecular flexibility index (Phi) is 13.2. The lowest BCUT2D eigenvalue weighted by atomic mass is 9.75. The molecule has 0 aliphatic heterocycles. The van der Waals surface area contributed by atoms with Gasteiger partial charge in [-0.3, -0.25) is 0 Å². The van der Waals surface area contributed by atoms with Gasteiger partial charge in [-0.25, -0.2) is 0 Å². The molecule has 4 unspecified atom stereocenters. The third-order valence-corrected chi connectivity index (χ3v) is 6.77. The van der Waals surface area contributed by atoms with Crippen LogP contribution in [-0.2, 0) is 0 Å². The van der Waals surface area contributed by atoms with Crippen molar-refractivity contribution in [3.63, 3.8) is 0 Å². The molecule has 0 nitrogen and oxygen atoms in total. The molecule has 0 rings (SSSR count). The fraction of sp³-hybridized carbons (Fsp3) is 1.00. The van der Waals surface area contributed by atoms with Crippen molar-refractivity contribution in [1.82, 2.24) is 0 Å². The maximum absolute atomic E-state index is 2.50. The van der Waals surface area contributed by atoms with Crippen LogP contribution in [0.1, 0.15) is 126 Å². The first-order valence-electron chi connectivity index (χ1n) is 11.2. The van der Waals surface area contributed by atoms with Gasteiger partial charge in [0.2, 0.25) is 0 Å². The van der Waals surface area contributed by atoms with Crippen LogP contribution in [0.5, 0.6) is 0 Å². The van der Waals surface area contributed by atoms with Crippen molar-refractivity contribution in [3.8, 4) is 0 Å². The Morgan fingerprint density at radius 1 is 0.542 bits per heavy atom. The minimum absolute atomic E-state index is 0.524. The normalized spacial score (nSPS) is 17.5. The summed E-state index contributed by atoms with van der Waals surface area (Å²) in [4.78, 5) is 0. The van der Waals surface area contributed by atoms with Gasteiger partial charge in [-0.2, -0.15) is 0 Å². The lowest BCUT2D eigenvalue weighted by Crippen LogP contribution is -2.18. The van der Waals surface area contributed by atoms with Gasteiger partial charge in [0.05, 0.1) is 0 Å². The standard InChI is InChI=1S/C24H50/c1-9-11-13-15-21(4)23(6)17-19-24(7,8)18-16-22(5)20(3)14-12-10-2/h20-23H,9-19H2,1-8H3. The third-order valence-electron chi connectivity index (χ3n) is 6.77. The minimum atomic E-state index is 0.524. The molecule has 0 heteroatoms. The van der Waals surface area contributed by atoms with Gasteiger partial charge >= 0.3 is 0 Å². The monoisotopic (exact) mass is 338 g/mol. The summed E-state index contributed by atoms with van der Waals surface area (Å²) in [5.74, 6) is 3.59. The second-order valence-electron chi connectivity index (χ2n) is 9.79. The Morgan fingerprint density at radius 3 is 1.33 bits per heavy atom. The summed E-state index contributed by atoms with van der Waals surface area (Å²) in [5.41, 5.74) is 0.524. The molecule has 0 N–H and O–H groups in total. The fourth-order valence-electron chi connectivity index (χ4n) is 3.74. The molecule has 0 bridgehead atoms.